The molecule has 0 fully saturated rings. The summed E-state index contributed by atoms with van der Waals surface area (Å²) in [6, 6.07) is 0. The number of hydrogen-bond acceptors (Lipinski definition) is 6. The Bertz CT molecular complexity index is 302. The van der Waals surface area contributed by atoms with Gasteiger partial charge in [0, 0.05) is 18.0 Å². The van der Waals surface area contributed by atoms with Crippen LogP contribution >= 0.6 is 11.5 Å². The molecule has 7 heteroatoms. The van der Waals surface area contributed by atoms with E-state index in [9.17, 15) is 4.79 Å². The fourth-order valence-corrected chi connectivity index (χ4v) is 1.45. The predicted octanol–water partition coefficient (Wildman–Crippen LogP) is 0.608. The molecule has 1 aromatic rings. The SMILES string of the molecule is CCc1nsc(NCCOC(N)=O)n1. The lowest BCUT2D eigenvalue weighted by Crippen LogP contribution is -2.18. The highest BCUT2D eigenvalue weighted by atomic mass is 32.1. The summed E-state index contributed by atoms with van der Waals surface area (Å²) in [5.74, 6) is 0.813. The monoisotopic (exact) mass is 216 g/mol. The number of nitrogens with zero attached hydrogens (tertiary/aromatic N) is 2. The minimum Gasteiger partial charge on any atom is -0.448 e. The van der Waals surface area contributed by atoms with E-state index in [1.54, 1.807) is 0 Å². The number of primary amides is 1. The Balaban J connectivity index is 2.21. The van der Waals surface area contributed by atoms with E-state index in [-0.39, 0.29) is 6.61 Å². The van der Waals surface area contributed by atoms with Gasteiger partial charge in [-0.1, -0.05) is 6.92 Å². The minimum absolute atomic E-state index is 0.233. The number of amides is 1. The number of nitrogens with one attached hydrogen (secondary N) is 1. The third kappa shape index (κ3) is 3.56. The van der Waals surface area contributed by atoms with Gasteiger partial charge in [0.05, 0.1) is 6.54 Å². The number of carbonyl (C=O) groups excluding carboxylic acids is 1. The molecule has 0 spiro atoms. The van der Waals surface area contributed by atoms with Gasteiger partial charge in [-0.2, -0.15) is 4.37 Å². The van der Waals surface area contributed by atoms with Gasteiger partial charge in [0.25, 0.3) is 0 Å². The number of anilines is 1. The summed E-state index contributed by atoms with van der Waals surface area (Å²) in [5.41, 5.74) is 4.78. The van der Waals surface area contributed by atoms with Crippen LogP contribution < -0.4 is 11.1 Å². The van der Waals surface area contributed by atoms with E-state index in [1.807, 2.05) is 6.92 Å². The molecule has 0 bridgehead atoms. The fourth-order valence-electron chi connectivity index (χ4n) is 0.779. The van der Waals surface area contributed by atoms with Crippen LogP contribution in [0.2, 0.25) is 0 Å². The molecule has 0 aliphatic heterocycles. The molecule has 0 aliphatic carbocycles. The number of carbonyl (C=O) groups is 1. The summed E-state index contributed by atoms with van der Waals surface area (Å²) in [6.45, 7) is 2.71. The first-order valence-corrected chi connectivity index (χ1v) is 4.98. The van der Waals surface area contributed by atoms with E-state index in [0.29, 0.717) is 6.54 Å². The molecule has 0 saturated carbocycles. The van der Waals surface area contributed by atoms with E-state index >= 15 is 0 Å². The van der Waals surface area contributed by atoms with Gasteiger partial charge < -0.3 is 15.8 Å². The largest absolute Gasteiger partial charge is 0.448 e. The Morgan fingerprint density at radius 3 is 3.07 bits per heavy atom. The Morgan fingerprint density at radius 2 is 2.50 bits per heavy atom. The molecule has 1 amide bonds. The molecule has 0 saturated heterocycles. The lowest BCUT2D eigenvalue weighted by molar-refractivity contribution is 0.161. The molecule has 0 radical (unpaired) electrons. The third-order valence-corrected chi connectivity index (χ3v) is 2.12. The topological polar surface area (TPSA) is 90.1 Å². The second-order valence-electron chi connectivity index (χ2n) is 2.46. The van der Waals surface area contributed by atoms with Crippen molar-refractivity contribution < 1.29 is 9.53 Å². The quantitative estimate of drug-likeness (QED) is 0.704. The van der Waals surface area contributed by atoms with Crippen LogP contribution in [-0.4, -0.2) is 28.6 Å². The highest BCUT2D eigenvalue weighted by Crippen LogP contribution is 2.10. The molecule has 6 nitrogen and oxygen atoms in total. The van der Waals surface area contributed by atoms with Crippen molar-refractivity contribution in [1.82, 2.24) is 9.36 Å². The van der Waals surface area contributed by atoms with Crippen molar-refractivity contribution in [2.24, 2.45) is 5.73 Å². The van der Waals surface area contributed by atoms with Crippen molar-refractivity contribution in [2.45, 2.75) is 13.3 Å². The van der Waals surface area contributed by atoms with Crippen molar-refractivity contribution >= 4 is 22.8 Å². The van der Waals surface area contributed by atoms with Gasteiger partial charge in [0.2, 0.25) is 5.13 Å². The van der Waals surface area contributed by atoms with Gasteiger partial charge in [0.15, 0.2) is 0 Å². The fraction of sp³-hybridized carbons (Fsp3) is 0.571. The van der Waals surface area contributed by atoms with Crippen molar-refractivity contribution in [3.05, 3.63) is 5.82 Å². The van der Waals surface area contributed by atoms with Crippen LogP contribution in [0.25, 0.3) is 0 Å². The third-order valence-electron chi connectivity index (χ3n) is 1.41. The number of hydrogen-bond donors (Lipinski definition) is 2. The van der Waals surface area contributed by atoms with Gasteiger partial charge in [0.1, 0.15) is 12.4 Å². The van der Waals surface area contributed by atoms with Gasteiger partial charge in [-0.25, -0.2) is 9.78 Å². The van der Waals surface area contributed by atoms with Crippen molar-refractivity contribution in [1.29, 1.82) is 0 Å². The summed E-state index contributed by atoms with van der Waals surface area (Å²) < 4.78 is 8.61. The number of aryl methyl sites for hydroxylation is 1. The first kappa shape index (κ1) is 10.7. The maximum atomic E-state index is 10.2. The molecule has 0 aliphatic rings. The summed E-state index contributed by atoms with van der Waals surface area (Å²) >= 11 is 1.29. The lowest BCUT2D eigenvalue weighted by Gasteiger charge is -2.01. The normalized spacial score (nSPS) is 9.79. The molecule has 0 atom stereocenters. The van der Waals surface area contributed by atoms with Crippen LogP contribution in [0, 0.1) is 0 Å². The highest BCUT2D eigenvalue weighted by molar-refractivity contribution is 7.09. The number of ether oxygens (including phenoxy) is 1. The Morgan fingerprint density at radius 1 is 1.71 bits per heavy atom. The molecule has 78 valence electrons. The van der Waals surface area contributed by atoms with Gasteiger partial charge in [-0.05, 0) is 0 Å². The van der Waals surface area contributed by atoms with Crippen LogP contribution in [0.1, 0.15) is 12.7 Å². The summed E-state index contributed by atoms with van der Waals surface area (Å²) in [4.78, 5) is 14.4. The average molecular weight is 216 g/mol. The first-order valence-electron chi connectivity index (χ1n) is 4.21. The molecule has 14 heavy (non-hydrogen) atoms. The zero-order chi connectivity index (χ0) is 10.4. The van der Waals surface area contributed by atoms with E-state index in [4.69, 9.17) is 5.73 Å². The standard InChI is InChI=1S/C7H12N4O2S/c1-2-5-10-7(14-11-5)9-3-4-13-6(8)12/h2-4H2,1H3,(H2,8,12)(H,9,10,11). The van der Waals surface area contributed by atoms with E-state index in [1.165, 1.54) is 11.5 Å². The average Bonchev–Trinajstić information content (AvgIpc) is 2.60. The van der Waals surface area contributed by atoms with Crippen molar-refractivity contribution in [3.63, 3.8) is 0 Å². The Hall–Kier alpha value is -1.37. The minimum atomic E-state index is -0.765. The second kappa shape index (κ2) is 5.38. The molecule has 1 rings (SSSR count). The molecule has 1 aromatic heterocycles. The van der Waals surface area contributed by atoms with Crippen LogP contribution in [0.5, 0.6) is 0 Å². The van der Waals surface area contributed by atoms with Gasteiger partial charge in [-0.3, -0.25) is 0 Å². The summed E-state index contributed by atoms with van der Waals surface area (Å²) in [5, 5.41) is 3.70. The highest BCUT2D eigenvalue weighted by Gasteiger charge is 2.00. The van der Waals surface area contributed by atoms with Crippen LogP contribution in [0.15, 0.2) is 0 Å². The maximum absolute atomic E-state index is 10.2. The summed E-state index contributed by atoms with van der Waals surface area (Å²) in [6.07, 6.45) is 0.0500. The van der Waals surface area contributed by atoms with Crippen LogP contribution in [-0.2, 0) is 11.2 Å². The molecule has 3 N–H and O–H groups in total. The number of aromatic nitrogens is 2. The van der Waals surface area contributed by atoms with E-state index in [2.05, 4.69) is 19.4 Å². The van der Waals surface area contributed by atoms with Crippen molar-refractivity contribution in [3.8, 4) is 0 Å². The summed E-state index contributed by atoms with van der Waals surface area (Å²) in [7, 11) is 0. The van der Waals surface area contributed by atoms with Gasteiger partial charge in [-0.15, -0.1) is 0 Å². The zero-order valence-electron chi connectivity index (χ0n) is 7.82. The van der Waals surface area contributed by atoms with Gasteiger partial charge >= 0.3 is 6.09 Å². The molecular weight excluding hydrogens is 204 g/mol. The maximum Gasteiger partial charge on any atom is 0.404 e. The zero-order valence-corrected chi connectivity index (χ0v) is 8.63. The van der Waals surface area contributed by atoms with E-state index in [0.717, 1.165) is 17.4 Å². The number of nitrogens with two attached hydrogens (primary N) is 1. The van der Waals surface area contributed by atoms with E-state index < -0.39 is 6.09 Å². The molecule has 0 aromatic carbocycles. The molecule has 0 unspecified atom stereocenters. The Labute approximate surface area is 85.6 Å². The first-order chi connectivity index (χ1) is 6.72. The smallest absolute Gasteiger partial charge is 0.404 e. The van der Waals surface area contributed by atoms with Crippen LogP contribution in [0.3, 0.4) is 0 Å². The predicted molar refractivity (Wildman–Crippen MR) is 53.3 cm³/mol. The Kier molecular flexibility index (Phi) is 4.11. The molecule has 1 heterocycles. The second-order valence-corrected chi connectivity index (χ2v) is 3.22. The lowest BCUT2D eigenvalue weighted by atomic mass is 10.5. The van der Waals surface area contributed by atoms with Crippen LogP contribution in [0.4, 0.5) is 9.93 Å². The number of rotatable bonds is 5. The van der Waals surface area contributed by atoms with Crippen molar-refractivity contribution in [2.75, 3.05) is 18.5 Å². The molecular formula is C7H12N4O2S.